The smallest absolute Gasteiger partial charge is 0.337 e. The summed E-state index contributed by atoms with van der Waals surface area (Å²) >= 11 is 0. The quantitative estimate of drug-likeness (QED) is 0.790. The molecule has 1 aromatic carbocycles. The molecule has 1 aromatic rings. The van der Waals surface area contributed by atoms with Gasteiger partial charge in [-0.05, 0) is 25.2 Å². The fourth-order valence-corrected chi connectivity index (χ4v) is 2.81. The van der Waals surface area contributed by atoms with Crippen LogP contribution in [0.1, 0.15) is 10.4 Å². The minimum atomic E-state index is -4.04. The molecule has 8 heteroatoms. The summed E-state index contributed by atoms with van der Waals surface area (Å²) in [5, 5.41) is 11.7. The highest BCUT2D eigenvalue weighted by Gasteiger charge is 2.26. The number of carboxylic acids is 1. The Kier molecular flexibility index (Phi) is 4.98. The lowest BCUT2D eigenvalue weighted by atomic mass is 10.2. The number of aromatic carboxylic acids is 1. The van der Waals surface area contributed by atoms with Crippen LogP contribution in [-0.2, 0) is 10.0 Å². The van der Waals surface area contributed by atoms with E-state index in [0.717, 1.165) is 16.4 Å². The molecule has 1 rings (SSSR count). The number of benzene rings is 1. The average Bonchev–Trinajstić information content (AvgIpc) is 2.35. The first-order chi connectivity index (χ1) is 8.80. The van der Waals surface area contributed by atoms with E-state index in [2.05, 4.69) is 5.32 Å². The van der Waals surface area contributed by atoms with E-state index in [4.69, 9.17) is 5.11 Å². The maximum Gasteiger partial charge on any atom is 0.337 e. The third kappa shape index (κ3) is 3.49. The Morgan fingerprint density at radius 1 is 1.47 bits per heavy atom. The van der Waals surface area contributed by atoms with E-state index in [1.807, 2.05) is 0 Å². The van der Waals surface area contributed by atoms with Crippen molar-refractivity contribution in [3.8, 4) is 0 Å². The van der Waals surface area contributed by atoms with Crippen molar-refractivity contribution in [3.63, 3.8) is 0 Å². The predicted molar refractivity (Wildman–Crippen MR) is 67.1 cm³/mol. The van der Waals surface area contributed by atoms with Crippen LogP contribution in [0.3, 0.4) is 0 Å². The molecule has 0 heterocycles. The molecule has 0 aliphatic carbocycles. The van der Waals surface area contributed by atoms with E-state index < -0.39 is 32.3 Å². The van der Waals surface area contributed by atoms with Gasteiger partial charge in [0.05, 0.1) is 10.5 Å². The van der Waals surface area contributed by atoms with Gasteiger partial charge in [-0.15, -0.1) is 0 Å². The summed E-state index contributed by atoms with van der Waals surface area (Å²) in [7, 11) is -1.07. The molecule has 19 heavy (non-hydrogen) atoms. The number of hydrogen-bond donors (Lipinski definition) is 2. The number of carboxylic acid groups (broad SMARTS) is 1. The Morgan fingerprint density at radius 2 is 2.11 bits per heavy atom. The van der Waals surface area contributed by atoms with Gasteiger partial charge in [0, 0.05) is 20.1 Å². The van der Waals surface area contributed by atoms with Gasteiger partial charge >= 0.3 is 5.97 Å². The van der Waals surface area contributed by atoms with Crippen molar-refractivity contribution in [1.29, 1.82) is 0 Å². The number of nitrogens with zero attached hydrogens (tertiary/aromatic N) is 1. The fourth-order valence-electron chi connectivity index (χ4n) is 1.44. The van der Waals surface area contributed by atoms with Gasteiger partial charge in [0.1, 0.15) is 5.82 Å². The molecule has 0 aliphatic rings. The zero-order valence-electron chi connectivity index (χ0n) is 10.6. The minimum absolute atomic E-state index is 0.147. The Bertz CT molecular complexity index is 574. The van der Waals surface area contributed by atoms with Gasteiger partial charge in [-0.3, -0.25) is 0 Å². The highest BCUT2D eigenvalue weighted by molar-refractivity contribution is 7.89. The molecule has 2 N–H and O–H groups in total. The van der Waals surface area contributed by atoms with Crippen molar-refractivity contribution >= 4 is 16.0 Å². The maximum absolute atomic E-state index is 13.2. The lowest BCUT2D eigenvalue weighted by Gasteiger charge is -2.18. The van der Waals surface area contributed by atoms with E-state index in [1.54, 1.807) is 7.05 Å². The Labute approximate surface area is 110 Å². The Hall–Kier alpha value is -1.51. The third-order valence-corrected chi connectivity index (χ3v) is 4.44. The topological polar surface area (TPSA) is 86.7 Å². The number of rotatable bonds is 6. The SMILES string of the molecule is CNCCN(C)S(=O)(=O)c1cc(F)ccc1C(=O)O. The standard InChI is InChI=1S/C11H15FN2O4S/c1-13-5-6-14(2)19(17,18)10-7-8(12)3-4-9(10)11(15)16/h3-4,7,13H,5-6H2,1-2H3,(H,15,16). The molecule has 6 nitrogen and oxygen atoms in total. The van der Waals surface area contributed by atoms with Gasteiger partial charge in [0.15, 0.2) is 0 Å². The largest absolute Gasteiger partial charge is 0.478 e. The van der Waals surface area contributed by atoms with E-state index >= 15 is 0 Å². The molecule has 0 saturated carbocycles. The second-order valence-electron chi connectivity index (χ2n) is 3.88. The Balaban J connectivity index is 3.27. The molecule has 0 spiro atoms. The highest BCUT2D eigenvalue weighted by Crippen LogP contribution is 2.20. The molecule has 0 aromatic heterocycles. The van der Waals surface area contributed by atoms with Crippen LogP contribution in [-0.4, -0.2) is 51.0 Å². The van der Waals surface area contributed by atoms with Crippen molar-refractivity contribution in [2.45, 2.75) is 4.90 Å². The van der Waals surface area contributed by atoms with Crippen molar-refractivity contribution in [1.82, 2.24) is 9.62 Å². The molecule has 0 fully saturated rings. The summed E-state index contributed by atoms with van der Waals surface area (Å²) in [6, 6.07) is 2.57. The lowest BCUT2D eigenvalue weighted by Crippen LogP contribution is -2.33. The van der Waals surface area contributed by atoms with Crippen LogP contribution in [0.2, 0.25) is 0 Å². The lowest BCUT2D eigenvalue weighted by molar-refractivity contribution is 0.0692. The number of carbonyl (C=O) groups is 1. The van der Waals surface area contributed by atoms with Crippen molar-refractivity contribution in [2.24, 2.45) is 0 Å². The maximum atomic E-state index is 13.2. The van der Waals surface area contributed by atoms with Gasteiger partial charge in [-0.2, -0.15) is 4.31 Å². The molecule has 0 aliphatic heterocycles. The summed E-state index contributed by atoms with van der Waals surface area (Å²) in [6.45, 7) is 0.544. The zero-order chi connectivity index (χ0) is 14.6. The van der Waals surface area contributed by atoms with Gasteiger partial charge in [-0.1, -0.05) is 0 Å². The van der Waals surface area contributed by atoms with Crippen LogP contribution >= 0.6 is 0 Å². The van der Waals surface area contributed by atoms with Gasteiger partial charge in [-0.25, -0.2) is 17.6 Å². The van der Waals surface area contributed by atoms with E-state index in [9.17, 15) is 17.6 Å². The number of sulfonamides is 1. The molecule has 0 radical (unpaired) electrons. The zero-order valence-corrected chi connectivity index (χ0v) is 11.4. The summed E-state index contributed by atoms with van der Waals surface area (Å²) in [4.78, 5) is 10.5. The number of likely N-dealkylation sites (N-methyl/N-ethyl adjacent to an activating group) is 2. The minimum Gasteiger partial charge on any atom is -0.478 e. The van der Waals surface area contributed by atoms with Crippen molar-refractivity contribution < 1.29 is 22.7 Å². The molecule has 106 valence electrons. The first kappa shape index (κ1) is 15.5. The van der Waals surface area contributed by atoms with Crippen molar-refractivity contribution in [2.75, 3.05) is 27.2 Å². The van der Waals surface area contributed by atoms with Crippen LogP contribution in [0, 0.1) is 5.82 Å². The summed E-state index contributed by atoms with van der Waals surface area (Å²) in [5.41, 5.74) is -0.447. The average molecular weight is 290 g/mol. The fraction of sp³-hybridized carbons (Fsp3) is 0.364. The normalized spacial score (nSPS) is 11.8. The summed E-state index contributed by atoms with van der Waals surface area (Å²) < 4.78 is 38.5. The van der Waals surface area contributed by atoms with Crippen molar-refractivity contribution in [3.05, 3.63) is 29.6 Å². The molecular weight excluding hydrogens is 275 g/mol. The summed E-state index contributed by atoms with van der Waals surface area (Å²) in [6.07, 6.45) is 0. The van der Waals surface area contributed by atoms with E-state index in [1.165, 1.54) is 7.05 Å². The number of nitrogens with one attached hydrogen (secondary N) is 1. The monoisotopic (exact) mass is 290 g/mol. The highest BCUT2D eigenvalue weighted by atomic mass is 32.2. The Morgan fingerprint density at radius 3 is 2.63 bits per heavy atom. The van der Waals surface area contributed by atoms with Crippen LogP contribution in [0.15, 0.2) is 23.1 Å². The molecule has 0 saturated heterocycles. The molecular formula is C11H15FN2O4S. The van der Waals surface area contributed by atoms with Crippen LogP contribution in [0.25, 0.3) is 0 Å². The first-order valence-corrected chi connectivity index (χ1v) is 6.88. The van der Waals surface area contributed by atoms with Crippen LogP contribution in [0.5, 0.6) is 0 Å². The number of halogens is 1. The van der Waals surface area contributed by atoms with Crippen LogP contribution in [0.4, 0.5) is 4.39 Å². The first-order valence-electron chi connectivity index (χ1n) is 5.44. The molecule has 0 amide bonds. The van der Waals surface area contributed by atoms with Gasteiger partial charge in [0.25, 0.3) is 0 Å². The number of hydrogen-bond acceptors (Lipinski definition) is 4. The second kappa shape index (κ2) is 6.09. The molecule has 0 bridgehead atoms. The predicted octanol–water partition coefficient (Wildman–Crippen LogP) is 0.364. The summed E-state index contributed by atoms with van der Waals surface area (Å²) in [5.74, 6) is -2.22. The van der Waals surface area contributed by atoms with Gasteiger partial charge < -0.3 is 10.4 Å². The second-order valence-corrected chi connectivity index (χ2v) is 5.89. The van der Waals surface area contributed by atoms with E-state index in [0.29, 0.717) is 12.6 Å². The third-order valence-electron chi connectivity index (χ3n) is 2.54. The molecule has 0 unspecified atom stereocenters. The van der Waals surface area contributed by atoms with Gasteiger partial charge in [0.2, 0.25) is 10.0 Å². The molecule has 0 atom stereocenters. The van der Waals surface area contributed by atoms with Crippen LogP contribution < -0.4 is 5.32 Å². The van der Waals surface area contributed by atoms with E-state index in [-0.39, 0.29) is 6.54 Å².